The Labute approximate surface area is 122 Å². The van der Waals surface area contributed by atoms with E-state index in [0.29, 0.717) is 11.1 Å². The zero-order valence-corrected chi connectivity index (χ0v) is 11.6. The Balaban J connectivity index is 2.26. The highest BCUT2D eigenvalue weighted by atomic mass is 35.5. The van der Waals surface area contributed by atoms with Gasteiger partial charge in [-0.25, -0.2) is 8.75 Å². The molecule has 20 heavy (non-hydrogen) atoms. The van der Waals surface area contributed by atoms with Crippen molar-refractivity contribution in [1.29, 1.82) is 0 Å². The summed E-state index contributed by atoms with van der Waals surface area (Å²) in [7, 11) is 0. The maximum Gasteiger partial charge on any atom is 0.337 e. The van der Waals surface area contributed by atoms with Crippen LogP contribution in [0.15, 0.2) is 47.3 Å². The fourth-order valence-electron chi connectivity index (χ4n) is 1.95. The van der Waals surface area contributed by atoms with E-state index in [-0.39, 0.29) is 16.1 Å². The van der Waals surface area contributed by atoms with Gasteiger partial charge in [-0.15, -0.1) is 0 Å². The predicted octanol–water partition coefficient (Wildman–Crippen LogP) is 3.40. The fraction of sp³-hybridized carbons (Fsp3) is 0. The average Bonchev–Trinajstić information content (AvgIpc) is 2.77. The zero-order valence-electron chi connectivity index (χ0n) is 10.0. The van der Waals surface area contributed by atoms with Crippen LogP contribution in [-0.4, -0.2) is 15.0 Å². The Kier molecular flexibility index (Phi) is 3.08. The molecule has 0 aliphatic carbocycles. The Morgan fingerprint density at radius 2 is 1.95 bits per heavy atom. The minimum absolute atomic E-state index is 0.0199. The molecule has 0 bridgehead atoms. The fourth-order valence-corrected chi connectivity index (χ4v) is 3.13. The van der Waals surface area contributed by atoms with E-state index in [4.69, 9.17) is 16.7 Å². The van der Waals surface area contributed by atoms with Crippen LogP contribution in [0.2, 0.25) is 5.02 Å². The largest absolute Gasteiger partial charge is 0.478 e. The third-order valence-corrected chi connectivity index (χ3v) is 4.35. The molecular weight excluding hydrogens is 298 g/mol. The van der Waals surface area contributed by atoms with Gasteiger partial charge in [-0.2, -0.15) is 0 Å². The molecule has 100 valence electrons. The number of carboxylic acids is 1. The maximum absolute atomic E-state index is 12.3. The number of hydrogen-bond acceptors (Lipinski definition) is 3. The molecule has 2 aromatic carbocycles. The first kappa shape index (κ1) is 12.9. The van der Waals surface area contributed by atoms with Crippen molar-refractivity contribution < 1.29 is 9.90 Å². The molecule has 3 aromatic rings. The molecule has 0 aliphatic heterocycles. The van der Waals surface area contributed by atoms with Crippen molar-refractivity contribution >= 4 is 39.2 Å². The van der Waals surface area contributed by atoms with Gasteiger partial charge in [-0.05, 0) is 30.3 Å². The molecule has 0 saturated carbocycles. The minimum atomic E-state index is -1.12. The Morgan fingerprint density at radius 3 is 2.65 bits per heavy atom. The highest BCUT2D eigenvalue weighted by Gasteiger charge is 2.13. The monoisotopic (exact) mass is 305 g/mol. The van der Waals surface area contributed by atoms with Gasteiger partial charge in [-0.1, -0.05) is 35.3 Å². The number of hydrogen-bond donors (Lipinski definition) is 1. The summed E-state index contributed by atoms with van der Waals surface area (Å²) >= 11 is 7.10. The van der Waals surface area contributed by atoms with Gasteiger partial charge in [0.15, 0.2) is 0 Å². The second-order valence-corrected chi connectivity index (χ2v) is 5.55. The molecular formula is C14H8ClNO3S. The van der Waals surface area contributed by atoms with E-state index >= 15 is 0 Å². The van der Waals surface area contributed by atoms with Gasteiger partial charge in [0, 0.05) is 0 Å². The molecule has 3 rings (SSSR count). The second-order valence-electron chi connectivity index (χ2n) is 4.16. The molecule has 4 nitrogen and oxygen atoms in total. The highest BCUT2D eigenvalue weighted by Crippen LogP contribution is 2.23. The number of aromatic carboxylic acids is 1. The molecule has 0 fully saturated rings. The van der Waals surface area contributed by atoms with E-state index in [2.05, 4.69) is 0 Å². The van der Waals surface area contributed by atoms with Crippen molar-refractivity contribution in [3.05, 3.63) is 63.4 Å². The summed E-state index contributed by atoms with van der Waals surface area (Å²) in [6, 6.07) is 11.8. The van der Waals surface area contributed by atoms with Crippen LogP contribution in [0.4, 0.5) is 0 Å². The quantitative estimate of drug-likeness (QED) is 0.789. The van der Waals surface area contributed by atoms with Gasteiger partial charge < -0.3 is 5.11 Å². The molecule has 0 unspecified atom stereocenters. The zero-order chi connectivity index (χ0) is 14.3. The van der Waals surface area contributed by atoms with Crippen molar-refractivity contribution in [1.82, 2.24) is 3.96 Å². The van der Waals surface area contributed by atoms with Gasteiger partial charge in [0.25, 0.3) is 5.56 Å². The first-order valence-corrected chi connectivity index (χ1v) is 6.87. The minimum Gasteiger partial charge on any atom is -0.478 e. The van der Waals surface area contributed by atoms with Crippen LogP contribution in [0.3, 0.4) is 0 Å². The summed E-state index contributed by atoms with van der Waals surface area (Å²) in [5.41, 5.74) is 0.316. The molecule has 1 heterocycles. The van der Waals surface area contributed by atoms with Gasteiger partial charge in [-0.3, -0.25) is 4.79 Å². The van der Waals surface area contributed by atoms with Crippen LogP contribution in [0.1, 0.15) is 10.4 Å². The van der Waals surface area contributed by atoms with Gasteiger partial charge in [0.2, 0.25) is 0 Å². The van der Waals surface area contributed by atoms with Crippen molar-refractivity contribution in [3.63, 3.8) is 0 Å². The molecule has 0 spiro atoms. The lowest BCUT2D eigenvalue weighted by Crippen LogP contribution is -2.11. The summed E-state index contributed by atoms with van der Waals surface area (Å²) < 4.78 is 2.32. The Bertz CT molecular complexity index is 882. The summed E-state index contributed by atoms with van der Waals surface area (Å²) in [5, 5.41) is 9.84. The van der Waals surface area contributed by atoms with Crippen molar-refractivity contribution in [3.8, 4) is 5.69 Å². The van der Waals surface area contributed by atoms with Gasteiger partial charge >= 0.3 is 5.97 Å². The standard InChI is InChI=1S/C14H8ClNO3S/c15-11-6-5-8(7-10(11)14(18)19)16-13(17)9-3-1-2-4-12(9)20-16/h1-7H,(H,18,19). The van der Waals surface area contributed by atoms with Crippen LogP contribution in [0, 0.1) is 0 Å². The van der Waals surface area contributed by atoms with Crippen LogP contribution >= 0.6 is 23.1 Å². The number of benzene rings is 2. The molecule has 0 amide bonds. The average molecular weight is 306 g/mol. The number of halogens is 1. The SMILES string of the molecule is O=C(O)c1cc(-n2sc3ccccc3c2=O)ccc1Cl. The Morgan fingerprint density at radius 1 is 1.20 bits per heavy atom. The lowest BCUT2D eigenvalue weighted by Gasteiger charge is -2.03. The topological polar surface area (TPSA) is 59.3 Å². The van der Waals surface area contributed by atoms with Crippen LogP contribution < -0.4 is 5.56 Å². The van der Waals surface area contributed by atoms with E-state index < -0.39 is 5.97 Å². The normalized spacial score (nSPS) is 10.8. The van der Waals surface area contributed by atoms with Crippen LogP contribution in [0.5, 0.6) is 0 Å². The van der Waals surface area contributed by atoms with Crippen molar-refractivity contribution in [2.75, 3.05) is 0 Å². The van der Waals surface area contributed by atoms with Crippen LogP contribution in [0.25, 0.3) is 15.8 Å². The van der Waals surface area contributed by atoms with E-state index in [0.717, 1.165) is 4.70 Å². The molecule has 0 atom stereocenters. The predicted molar refractivity (Wildman–Crippen MR) is 79.4 cm³/mol. The van der Waals surface area contributed by atoms with E-state index in [1.165, 1.54) is 27.6 Å². The van der Waals surface area contributed by atoms with E-state index in [1.54, 1.807) is 18.2 Å². The smallest absolute Gasteiger partial charge is 0.337 e. The van der Waals surface area contributed by atoms with Gasteiger partial charge in [0.1, 0.15) is 0 Å². The number of aromatic nitrogens is 1. The summed E-state index contributed by atoms with van der Waals surface area (Å²) in [4.78, 5) is 23.4. The number of carbonyl (C=O) groups is 1. The van der Waals surface area contributed by atoms with Gasteiger partial charge in [0.05, 0.1) is 26.4 Å². The van der Waals surface area contributed by atoms with E-state index in [1.807, 2.05) is 12.1 Å². The lowest BCUT2D eigenvalue weighted by atomic mass is 10.2. The molecule has 0 saturated heterocycles. The molecule has 0 radical (unpaired) electrons. The molecule has 1 N–H and O–H groups in total. The summed E-state index contributed by atoms with van der Waals surface area (Å²) in [6.07, 6.45) is 0. The molecule has 0 aliphatic rings. The Hall–Kier alpha value is -2.11. The third-order valence-electron chi connectivity index (χ3n) is 2.91. The van der Waals surface area contributed by atoms with Crippen molar-refractivity contribution in [2.45, 2.75) is 0 Å². The number of fused-ring (bicyclic) bond motifs is 1. The maximum atomic E-state index is 12.3. The number of rotatable bonds is 2. The highest BCUT2D eigenvalue weighted by molar-refractivity contribution is 7.14. The third kappa shape index (κ3) is 2.01. The van der Waals surface area contributed by atoms with Crippen molar-refractivity contribution in [2.24, 2.45) is 0 Å². The van der Waals surface area contributed by atoms with Crippen LogP contribution in [-0.2, 0) is 0 Å². The lowest BCUT2D eigenvalue weighted by molar-refractivity contribution is 0.0697. The first-order chi connectivity index (χ1) is 9.58. The first-order valence-electron chi connectivity index (χ1n) is 5.72. The molecule has 6 heteroatoms. The number of nitrogens with zero attached hydrogens (tertiary/aromatic N) is 1. The molecule has 1 aromatic heterocycles. The number of carboxylic acid groups (broad SMARTS) is 1. The second kappa shape index (κ2) is 4.77. The summed E-state index contributed by atoms with van der Waals surface area (Å²) in [5.74, 6) is -1.12. The summed E-state index contributed by atoms with van der Waals surface area (Å²) in [6.45, 7) is 0. The van der Waals surface area contributed by atoms with E-state index in [9.17, 15) is 9.59 Å².